The Morgan fingerprint density at radius 2 is 2.08 bits per heavy atom. The minimum Gasteiger partial charge on any atom is -0.507 e. The molecule has 2 aromatic rings. The maximum Gasteiger partial charge on any atom is 0.152 e. The molecule has 26 heavy (non-hydrogen) atoms. The van der Waals surface area contributed by atoms with E-state index in [9.17, 15) is 5.11 Å². The molecule has 1 aromatic carbocycles. The van der Waals surface area contributed by atoms with E-state index in [0.29, 0.717) is 17.2 Å². The molecule has 0 unspecified atom stereocenters. The minimum atomic E-state index is 0.0852. The summed E-state index contributed by atoms with van der Waals surface area (Å²) in [6, 6.07) is 7.41. The Morgan fingerprint density at radius 1 is 1.23 bits per heavy atom. The number of hydrogen-bond donors (Lipinski definition) is 2. The van der Waals surface area contributed by atoms with Crippen LogP contribution in [0.3, 0.4) is 0 Å². The first kappa shape index (κ1) is 16.8. The number of nitrogens with zero attached hydrogens (tertiary/aromatic N) is 4. The van der Waals surface area contributed by atoms with Crippen molar-refractivity contribution in [2.24, 2.45) is 0 Å². The first-order chi connectivity index (χ1) is 12.7. The molecule has 1 saturated heterocycles. The van der Waals surface area contributed by atoms with Gasteiger partial charge in [-0.1, -0.05) is 0 Å². The summed E-state index contributed by atoms with van der Waals surface area (Å²) in [4.78, 5) is 2.35. The van der Waals surface area contributed by atoms with Gasteiger partial charge >= 0.3 is 0 Å². The van der Waals surface area contributed by atoms with Crippen LogP contribution in [0.15, 0.2) is 18.2 Å². The van der Waals surface area contributed by atoms with Crippen LogP contribution in [0, 0.1) is 11.3 Å². The summed E-state index contributed by atoms with van der Waals surface area (Å²) in [5, 5.41) is 31.8. The number of anilines is 1. The third kappa shape index (κ3) is 3.11. The molecule has 0 saturated carbocycles. The normalized spacial score (nSPS) is 19.8. The molecular formula is C20H23N5O. The van der Waals surface area contributed by atoms with E-state index in [1.54, 1.807) is 12.1 Å². The summed E-state index contributed by atoms with van der Waals surface area (Å²) in [5.74, 6) is 0.983. The molecule has 4 rings (SSSR count). The minimum absolute atomic E-state index is 0.0852. The lowest BCUT2D eigenvalue weighted by molar-refractivity contribution is 0.260. The van der Waals surface area contributed by atoms with Crippen LogP contribution in [-0.4, -0.2) is 46.4 Å². The standard InChI is InChI=1S/C20H23N5O/c1-25-9-3-4-14(12-25)22-20-16-6-2-5-15(16)19(23-24-20)17-8-7-13(11-21)10-18(17)26/h7-8,10,14,26H,2-6,9,12H2,1H3,(H,22,24)/t14-/m1/s1. The molecule has 0 spiro atoms. The molecule has 134 valence electrons. The van der Waals surface area contributed by atoms with Gasteiger partial charge in [0.05, 0.1) is 11.6 Å². The lowest BCUT2D eigenvalue weighted by atomic mass is 10.0. The van der Waals surface area contributed by atoms with Crippen LogP contribution < -0.4 is 5.32 Å². The Morgan fingerprint density at radius 3 is 2.85 bits per heavy atom. The van der Waals surface area contributed by atoms with Crippen molar-refractivity contribution < 1.29 is 5.11 Å². The number of nitrogens with one attached hydrogen (secondary N) is 1. The van der Waals surface area contributed by atoms with Crippen LogP contribution in [0.5, 0.6) is 5.75 Å². The first-order valence-electron chi connectivity index (χ1n) is 9.22. The number of aromatic nitrogens is 2. The molecule has 0 bridgehead atoms. The molecule has 1 aliphatic carbocycles. The highest BCUT2D eigenvalue weighted by molar-refractivity contribution is 5.73. The van der Waals surface area contributed by atoms with Gasteiger partial charge in [-0.15, -0.1) is 10.2 Å². The number of likely N-dealkylation sites (N-methyl/N-ethyl adjacent to an activating group) is 1. The molecular weight excluding hydrogens is 326 g/mol. The number of rotatable bonds is 3. The Bertz CT molecular complexity index is 873. The third-order valence-corrected chi connectivity index (χ3v) is 5.39. The van der Waals surface area contributed by atoms with Crippen molar-refractivity contribution in [2.45, 2.75) is 38.1 Å². The second-order valence-corrected chi connectivity index (χ2v) is 7.30. The number of likely N-dealkylation sites (tertiary alicyclic amines) is 1. The fraction of sp³-hybridized carbons (Fsp3) is 0.450. The van der Waals surface area contributed by atoms with Crippen molar-refractivity contribution in [3.05, 3.63) is 34.9 Å². The monoisotopic (exact) mass is 349 g/mol. The van der Waals surface area contributed by atoms with Crippen molar-refractivity contribution in [3.63, 3.8) is 0 Å². The molecule has 0 amide bonds. The SMILES string of the molecule is CN1CCC[C@@H](Nc2nnc(-c3ccc(C#N)cc3O)c3c2CCC3)C1. The summed E-state index contributed by atoms with van der Waals surface area (Å²) in [5.41, 5.74) is 4.23. The molecule has 6 nitrogen and oxygen atoms in total. The zero-order chi connectivity index (χ0) is 18.1. The van der Waals surface area contributed by atoms with Gasteiger partial charge < -0.3 is 15.3 Å². The topological polar surface area (TPSA) is 85.1 Å². The highest BCUT2D eigenvalue weighted by atomic mass is 16.3. The van der Waals surface area contributed by atoms with E-state index in [1.165, 1.54) is 23.6 Å². The Kier molecular flexibility index (Phi) is 4.48. The predicted molar refractivity (Wildman–Crippen MR) is 100 cm³/mol. The summed E-state index contributed by atoms with van der Waals surface area (Å²) in [7, 11) is 2.15. The zero-order valence-corrected chi connectivity index (χ0v) is 15.0. The van der Waals surface area contributed by atoms with Crippen molar-refractivity contribution in [1.82, 2.24) is 15.1 Å². The largest absolute Gasteiger partial charge is 0.507 e. The van der Waals surface area contributed by atoms with E-state index in [0.717, 1.165) is 50.3 Å². The zero-order valence-electron chi connectivity index (χ0n) is 15.0. The number of nitriles is 1. The van der Waals surface area contributed by atoms with Gasteiger partial charge in [0.25, 0.3) is 0 Å². The molecule has 1 aliphatic heterocycles. The molecule has 1 fully saturated rings. The van der Waals surface area contributed by atoms with Crippen LogP contribution in [-0.2, 0) is 12.8 Å². The quantitative estimate of drug-likeness (QED) is 0.886. The highest BCUT2D eigenvalue weighted by Crippen LogP contribution is 2.37. The number of phenolic OH excluding ortho intramolecular Hbond substituents is 1. The van der Waals surface area contributed by atoms with Gasteiger partial charge in [-0.05, 0) is 69.5 Å². The van der Waals surface area contributed by atoms with Gasteiger partial charge in [-0.3, -0.25) is 0 Å². The van der Waals surface area contributed by atoms with Crippen molar-refractivity contribution in [3.8, 4) is 23.1 Å². The van der Waals surface area contributed by atoms with Gasteiger partial charge in [-0.2, -0.15) is 5.26 Å². The van der Waals surface area contributed by atoms with Gasteiger partial charge in [-0.25, -0.2) is 0 Å². The van der Waals surface area contributed by atoms with E-state index in [4.69, 9.17) is 5.26 Å². The molecule has 2 N–H and O–H groups in total. The summed E-state index contributed by atoms with van der Waals surface area (Å²) in [6.07, 6.45) is 5.35. The first-order valence-corrected chi connectivity index (χ1v) is 9.22. The van der Waals surface area contributed by atoms with Gasteiger partial charge in [0.15, 0.2) is 5.82 Å². The summed E-state index contributed by atoms with van der Waals surface area (Å²) < 4.78 is 0. The second-order valence-electron chi connectivity index (χ2n) is 7.30. The number of hydrogen-bond acceptors (Lipinski definition) is 6. The number of benzene rings is 1. The number of piperidine rings is 1. The van der Waals surface area contributed by atoms with Gasteiger partial charge in [0.2, 0.25) is 0 Å². The fourth-order valence-corrected chi connectivity index (χ4v) is 4.10. The maximum atomic E-state index is 10.3. The summed E-state index contributed by atoms with van der Waals surface area (Å²) >= 11 is 0. The average Bonchev–Trinajstić information content (AvgIpc) is 3.13. The maximum absolute atomic E-state index is 10.3. The molecule has 1 aromatic heterocycles. The number of fused-ring (bicyclic) bond motifs is 1. The Hall–Kier alpha value is -2.65. The molecule has 1 atom stereocenters. The lowest BCUT2D eigenvalue weighted by Crippen LogP contribution is -2.40. The van der Waals surface area contributed by atoms with Crippen LogP contribution in [0.1, 0.15) is 36.0 Å². The van der Waals surface area contributed by atoms with Crippen LogP contribution in [0.4, 0.5) is 5.82 Å². The van der Waals surface area contributed by atoms with Crippen LogP contribution in [0.25, 0.3) is 11.3 Å². The van der Waals surface area contributed by atoms with Crippen molar-refractivity contribution >= 4 is 5.82 Å². The Balaban J connectivity index is 1.67. The molecule has 2 aliphatic rings. The molecule has 0 radical (unpaired) electrons. The fourth-order valence-electron chi connectivity index (χ4n) is 4.10. The van der Waals surface area contributed by atoms with E-state index < -0.39 is 0 Å². The predicted octanol–water partition coefficient (Wildman–Crippen LogP) is 2.72. The van der Waals surface area contributed by atoms with Gasteiger partial charge in [0, 0.05) is 23.7 Å². The second kappa shape index (κ2) is 6.93. The van der Waals surface area contributed by atoms with E-state index in [1.807, 2.05) is 6.07 Å². The summed E-state index contributed by atoms with van der Waals surface area (Å²) in [6.45, 7) is 2.17. The van der Waals surface area contributed by atoms with Gasteiger partial charge in [0.1, 0.15) is 11.4 Å². The number of phenols is 1. The number of aromatic hydroxyl groups is 1. The van der Waals surface area contributed by atoms with E-state index in [2.05, 4.69) is 27.5 Å². The highest BCUT2D eigenvalue weighted by Gasteiger charge is 2.25. The third-order valence-electron chi connectivity index (χ3n) is 5.39. The molecule has 6 heteroatoms. The van der Waals surface area contributed by atoms with Crippen LogP contribution in [0.2, 0.25) is 0 Å². The van der Waals surface area contributed by atoms with Crippen LogP contribution >= 0.6 is 0 Å². The van der Waals surface area contributed by atoms with Crippen molar-refractivity contribution in [1.29, 1.82) is 5.26 Å². The smallest absolute Gasteiger partial charge is 0.152 e. The lowest BCUT2D eigenvalue weighted by Gasteiger charge is -2.31. The average molecular weight is 349 g/mol. The Labute approximate surface area is 153 Å². The molecule has 2 heterocycles. The van der Waals surface area contributed by atoms with E-state index in [-0.39, 0.29) is 5.75 Å². The van der Waals surface area contributed by atoms with E-state index >= 15 is 0 Å². The van der Waals surface area contributed by atoms with Crippen molar-refractivity contribution in [2.75, 3.05) is 25.5 Å².